The quantitative estimate of drug-likeness (QED) is 0.839. The first-order chi connectivity index (χ1) is 12.1. The van der Waals surface area contributed by atoms with Gasteiger partial charge in [-0.2, -0.15) is 11.3 Å². The van der Waals surface area contributed by atoms with Gasteiger partial charge in [-0.25, -0.2) is 4.79 Å². The molecule has 1 N–H and O–H groups in total. The van der Waals surface area contributed by atoms with Crippen molar-refractivity contribution in [3.05, 3.63) is 57.8 Å². The predicted molar refractivity (Wildman–Crippen MR) is 104 cm³/mol. The normalized spacial score (nSPS) is 15.9. The van der Waals surface area contributed by atoms with E-state index in [9.17, 15) is 4.79 Å². The fourth-order valence-electron chi connectivity index (χ4n) is 3.28. The van der Waals surface area contributed by atoms with E-state index in [4.69, 9.17) is 0 Å². The van der Waals surface area contributed by atoms with Crippen LogP contribution in [0.1, 0.15) is 42.5 Å². The molecule has 3 rings (SSSR count). The summed E-state index contributed by atoms with van der Waals surface area (Å²) in [5.74, 6) is 0. The third-order valence-corrected chi connectivity index (χ3v) is 5.55. The molecule has 1 aliphatic rings. The molecule has 0 bridgehead atoms. The molecular formula is C20H27N3OS. The lowest BCUT2D eigenvalue weighted by Crippen LogP contribution is -2.38. The third-order valence-electron chi connectivity index (χ3n) is 4.85. The monoisotopic (exact) mass is 357 g/mol. The number of nitrogens with one attached hydrogen (secondary N) is 1. The first kappa shape index (κ1) is 18.0. The summed E-state index contributed by atoms with van der Waals surface area (Å²) in [6.07, 6.45) is 2.59. The summed E-state index contributed by atoms with van der Waals surface area (Å²) in [6, 6.07) is 10.5. The lowest BCUT2D eigenvalue weighted by atomic mass is 10.1. The highest BCUT2D eigenvalue weighted by atomic mass is 32.1. The maximum atomic E-state index is 12.5. The highest BCUT2D eigenvalue weighted by Gasteiger charge is 2.17. The summed E-state index contributed by atoms with van der Waals surface area (Å²) in [5, 5.41) is 7.20. The Morgan fingerprint density at radius 3 is 2.64 bits per heavy atom. The summed E-state index contributed by atoms with van der Waals surface area (Å²) in [6.45, 7) is 6.00. The van der Waals surface area contributed by atoms with E-state index in [0.29, 0.717) is 6.54 Å². The van der Waals surface area contributed by atoms with Gasteiger partial charge in [0.2, 0.25) is 0 Å². The number of hydrogen-bond acceptors (Lipinski definition) is 3. The molecule has 0 spiro atoms. The topological polar surface area (TPSA) is 35.6 Å². The van der Waals surface area contributed by atoms with Crippen LogP contribution < -0.4 is 5.32 Å². The fraction of sp³-hybridized carbons (Fsp3) is 0.450. The highest BCUT2D eigenvalue weighted by Crippen LogP contribution is 2.18. The van der Waals surface area contributed by atoms with E-state index >= 15 is 0 Å². The van der Waals surface area contributed by atoms with Crippen LogP contribution in [-0.2, 0) is 13.1 Å². The fourth-order valence-corrected chi connectivity index (χ4v) is 4.03. The molecule has 5 heteroatoms. The Labute approximate surface area is 154 Å². The maximum Gasteiger partial charge on any atom is 0.317 e. The molecule has 2 amide bonds. The smallest absolute Gasteiger partial charge is 0.317 e. The van der Waals surface area contributed by atoms with Gasteiger partial charge in [-0.15, -0.1) is 0 Å². The molecule has 1 saturated heterocycles. The van der Waals surface area contributed by atoms with Crippen molar-refractivity contribution in [3.63, 3.8) is 0 Å². The van der Waals surface area contributed by atoms with Gasteiger partial charge in [-0.05, 0) is 66.4 Å². The van der Waals surface area contributed by atoms with E-state index in [-0.39, 0.29) is 12.1 Å². The summed E-state index contributed by atoms with van der Waals surface area (Å²) in [5.41, 5.74) is 3.71. The Balaban J connectivity index is 1.60. The summed E-state index contributed by atoms with van der Waals surface area (Å²) in [7, 11) is 1.86. The largest absolute Gasteiger partial charge is 0.331 e. The number of urea groups is 1. The van der Waals surface area contributed by atoms with Crippen LogP contribution in [0.15, 0.2) is 41.1 Å². The maximum absolute atomic E-state index is 12.5. The van der Waals surface area contributed by atoms with Gasteiger partial charge in [0.15, 0.2) is 0 Å². The second-order valence-electron chi connectivity index (χ2n) is 6.84. The number of rotatable bonds is 6. The number of amides is 2. The van der Waals surface area contributed by atoms with Gasteiger partial charge in [0, 0.05) is 20.1 Å². The molecule has 2 heterocycles. The van der Waals surface area contributed by atoms with Crippen molar-refractivity contribution in [2.75, 3.05) is 20.1 Å². The number of carbonyl (C=O) groups excluding carboxylic acids is 1. The molecular weight excluding hydrogens is 330 g/mol. The van der Waals surface area contributed by atoms with E-state index in [1.807, 2.05) is 19.4 Å². The summed E-state index contributed by atoms with van der Waals surface area (Å²) >= 11 is 1.65. The van der Waals surface area contributed by atoms with E-state index in [1.54, 1.807) is 16.2 Å². The van der Waals surface area contributed by atoms with Gasteiger partial charge in [0.05, 0.1) is 6.04 Å². The van der Waals surface area contributed by atoms with Gasteiger partial charge in [-0.3, -0.25) is 4.90 Å². The Morgan fingerprint density at radius 2 is 1.96 bits per heavy atom. The SMILES string of the molecule is C[C@H](NC(=O)N(C)Cc1ccccc1CN1CCCC1)c1ccsc1. The first-order valence-corrected chi connectivity index (χ1v) is 9.90. The molecule has 0 unspecified atom stereocenters. The van der Waals surface area contributed by atoms with E-state index in [0.717, 1.165) is 12.1 Å². The van der Waals surface area contributed by atoms with Crippen LogP contribution >= 0.6 is 11.3 Å². The van der Waals surface area contributed by atoms with Crippen LogP contribution in [0.2, 0.25) is 0 Å². The molecule has 1 aromatic heterocycles. The first-order valence-electron chi connectivity index (χ1n) is 8.96. The average molecular weight is 358 g/mol. The zero-order chi connectivity index (χ0) is 17.6. The second kappa shape index (κ2) is 8.50. The van der Waals surface area contributed by atoms with Crippen molar-refractivity contribution < 1.29 is 4.79 Å². The standard InChI is InChI=1S/C20H27N3OS/c1-16(19-9-12-25-15-19)21-20(24)22(2)13-17-7-3-4-8-18(17)14-23-10-5-6-11-23/h3-4,7-9,12,15-16H,5-6,10-11,13-14H2,1-2H3,(H,21,24)/t16-/m0/s1. The molecule has 1 aromatic carbocycles. The lowest BCUT2D eigenvalue weighted by molar-refractivity contribution is 0.203. The van der Waals surface area contributed by atoms with Crippen molar-refractivity contribution in [2.24, 2.45) is 0 Å². The minimum Gasteiger partial charge on any atom is -0.331 e. The van der Waals surface area contributed by atoms with Gasteiger partial charge < -0.3 is 10.2 Å². The van der Waals surface area contributed by atoms with Gasteiger partial charge in [-0.1, -0.05) is 24.3 Å². The Kier molecular flexibility index (Phi) is 6.10. The number of likely N-dealkylation sites (tertiary alicyclic amines) is 1. The summed E-state index contributed by atoms with van der Waals surface area (Å²) in [4.78, 5) is 16.8. The van der Waals surface area contributed by atoms with Crippen LogP contribution in [0.4, 0.5) is 4.79 Å². The Hall–Kier alpha value is -1.85. The molecule has 1 fully saturated rings. The van der Waals surface area contributed by atoms with Crippen molar-refractivity contribution in [1.82, 2.24) is 15.1 Å². The molecule has 1 aliphatic heterocycles. The molecule has 25 heavy (non-hydrogen) atoms. The molecule has 4 nitrogen and oxygen atoms in total. The van der Waals surface area contributed by atoms with E-state index in [2.05, 4.69) is 45.9 Å². The zero-order valence-electron chi connectivity index (χ0n) is 15.1. The Bertz CT molecular complexity index is 680. The van der Waals surface area contributed by atoms with Crippen LogP contribution in [0, 0.1) is 0 Å². The molecule has 0 aliphatic carbocycles. The van der Waals surface area contributed by atoms with Gasteiger partial charge >= 0.3 is 6.03 Å². The predicted octanol–water partition coefficient (Wildman–Crippen LogP) is 4.25. The van der Waals surface area contributed by atoms with Crippen molar-refractivity contribution in [1.29, 1.82) is 0 Å². The molecule has 134 valence electrons. The lowest BCUT2D eigenvalue weighted by Gasteiger charge is -2.23. The summed E-state index contributed by atoms with van der Waals surface area (Å²) < 4.78 is 0. The number of thiophene rings is 1. The second-order valence-corrected chi connectivity index (χ2v) is 7.62. The molecule has 1 atom stereocenters. The van der Waals surface area contributed by atoms with Crippen molar-refractivity contribution in [3.8, 4) is 0 Å². The van der Waals surface area contributed by atoms with Crippen molar-refractivity contribution >= 4 is 17.4 Å². The Morgan fingerprint density at radius 1 is 1.24 bits per heavy atom. The molecule has 0 saturated carbocycles. The average Bonchev–Trinajstić information content (AvgIpc) is 3.30. The number of hydrogen-bond donors (Lipinski definition) is 1. The van der Waals surface area contributed by atoms with Crippen LogP contribution in [0.25, 0.3) is 0 Å². The minimum absolute atomic E-state index is 0.0287. The minimum atomic E-state index is -0.0327. The third kappa shape index (κ3) is 4.83. The number of carbonyl (C=O) groups is 1. The van der Waals surface area contributed by atoms with E-state index in [1.165, 1.54) is 37.1 Å². The van der Waals surface area contributed by atoms with Crippen LogP contribution in [0.3, 0.4) is 0 Å². The molecule has 2 aromatic rings. The highest BCUT2D eigenvalue weighted by molar-refractivity contribution is 7.07. The number of nitrogens with zero attached hydrogens (tertiary/aromatic N) is 2. The van der Waals surface area contributed by atoms with Gasteiger partial charge in [0.25, 0.3) is 0 Å². The van der Waals surface area contributed by atoms with Crippen molar-refractivity contribution in [2.45, 2.75) is 38.9 Å². The zero-order valence-corrected chi connectivity index (χ0v) is 15.9. The van der Waals surface area contributed by atoms with E-state index < -0.39 is 0 Å². The van der Waals surface area contributed by atoms with Gasteiger partial charge in [0.1, 0.15) is 0 Å². The molecule has 0 radical (unpaired) electrons. The number of benzene rings is 1. The van der Waals surface area contributed by atoms with Crippen LogP contribution in [-0.4, -0.2) is 36.0 Å². The van der Waals surface area contributed by atoms with Crippen LogP contribution in [0.5, 0.6) is 0 Å².